The monoisotopic (exact) mass is 250 g/mol. The van der Waals surface area contributed by atoms with Gasteiger partial charge in [-0.25, -0.2) is 4.79 Å². The molecular weight excluding hydrogens is 228 g/mol. The first kappa shape index (κ1) is 14.6. The average molecular weight is 250 g/mol. The van der Waals surface area contributed by atoms with E-state index in [1.165, 1.54) is 5.56 Å². The summed E-state index contributed by atoms with van der Waals surface area (Å²) in [5, 5.41) is 0. The minimum atomic E-state index is -0.971. The summed E-state index contributed by atoms with van der Waals surface area (Å²) in [6.45, 7) is 11.6. The summed E-state index contributed by atoms with van der Waals surface area (Å²) in [4.78, 5) is 11.8. The summed E-state index contributed by atoms with van der Waals surface area (Å²) in [6, 6.07) is 4.09. The number of esters is 1. The molecule has 0 fully saturated rings. The van der Waals surface area contributed by atoms with Gasteiger partial charge in [0.15, 0.2) is 5.60 Å². The maximum Gasteiger partial charge on any atom is 0.349 e. The smallest absolute Gasteiger partial charge is 0.349 e. The summed E-state index contributed by atoms with van der Waals surface area (Å²) in [6.07, 6.45) is 0. The van der Waals surface area contributed by atoms with Crippen molar-refractivity contribution in [1.82, 2.24) is 0 Å². The van der Waals surface area contributed by atoms with E-state index < -0.39 is 5.60 Å². The Kier molecular flexibility index (Phi) is 4.38. The third kappa shape index (κ3) is 3.25. The van der Waals surface area contributed by atoms with Crippen LogP contribution in [0.25, 0.3) is 0 Å². The van der Waals surface area contributed by atoms with Crippen molar-refractivity contribution >= 4 is 5.97 Å². The van der Waals surface area contributed by atoms with Gasteiger partial charge >= 0.3 is 5.97 Å². The van der Waals surface area contributed by atoms with Gasteiger partial charge in [0, 0.05) is 0 Å². The Morgan fingerprint density at radius 1 is 1.17 bits per heavy atom. The van der Waals surface area contributed by atoms with E-state index in [1.54, 1.807) is 20.8 Å². The molecule has 18 heavy (non-hydrogen) atoms. The lowest BCUT2D eigenvalue weighted by molar-refractivity contribution is -0.158. The van der Waals surface area contributed by atoms with Gasteiger partial charge in [-0.05, 0) is 52.7 Å². The van der Waals surface area contributed by atoms with Crippen molar-refractivity contribution in [3.05, 3.63) is 28.8 Å². The second-order valence-corrected chi connectivity index (χ2v) is 5.06. The molecule has 0 saturated carbocycles. The summed E-state index contributed by atoms with van der Waals surface area (Å²) in [7, 11) is 0. The van der Waals surface area contributed by atoms with Crippen molar-refractivity contribution in [3.63, 3.8) is 0 Å². The Bertz CT molecular complexity index is 424. The van der Waals surface area contributed by atoms with Gasteiger partial charge in [0.2, 0.25) is 0 Å². The molecule has 1 aromatic rings. The third-order valence-electron chi connectivity index (χ3n) is 2.73. The first-order valence-corrected chi connectivity index (χ1v) is 6.22. The molecule has 0 bridgehead atoms. The summed E-state index contributed by atoms with van der Waals surface area (Å²) in [5.74, 6) is 0.419. The highest BCUT2D eigenvalue weighted by atomic mass is 16.6. The van der Waals surface area contributed by atoms with E-state index in [2.05, 4.69) is 0 Å². The molecule has 0 heterocycles. The predicted octanol–water partition coefficient (Wildman–Crippen LogP) is 3.33. The normalized spacial score (nSPS) is 11.2. The molecule has 0 unspecified atom stereocenters. The van der Waals surface area contributed by atoms with E-state index in [0.29, 0.717) is 6.61 Å². The van der Waals surface area contributed by atoms with Gasteiger partial charge in [-0.15, -0.1) is 0 Å². The van der Waals surface area contributed by atoms with Crippen LogP contribution in [0.5, 0.6) is 5.75 Å². The molecule has 1 aromatic carbocycles. The molecule has 3 heteroatoms. The molecule has 0 aromatic heterocycles. The van der Waals surface area contributed by atoms with Crippen LogP contribution in [0.4, 0.5) is 0 Å². The van der Waals surface area contributed by atoms with E-state index in [4.69, 9.17) is 9.47 Å². The number of rotatable bonds is 4. The van der Waals surface area contributed by atoms with Gasteiger partial charge in [0.25, 0.3) is 0 Å². The van der Waals surface area contributed by atoms with Crippen LogP contribution < -0.4 is 4.74 Å². The highest BCUT2D eigenvalue weighted by Crippen LogP contribution is 2.28. The SMILES string of the molecule is CCOC(=O)C(C)(C)Oc1c(C)cc(C)cc1C. The van der Waals surface area contributed by atoms with Crippen molar-refractivity contribution < 1.29 is 14.3 Å². The molecule has 0 aliphatic rings. The topological polar surface area (TPSA) is 35.5 Å². The first-order chi connectivity index (χ1) is 8.27. The molecule has 0 amide bonds. The summed E-state index contributed by atoms with van der Waals surface area (Å²) >= 11 is 0. The molecule has 0 atom stereocenters. The number of ether oxygens (including phenoxy) is 2. The van der Waals surface area contributed by atoms with Crippen LogP contribution in [0.15, 0.2) is 12.1 Å². The highest BCUT2D eigenvalue weighted by Gasteiger charge is 2.32. The van der Waals surface area contributed by atoms with Crippen LogP contribution in [0.1, 0.15) is 37.5 Å². The summed E-state index contributed by atoms with van der Waals surface area (Å²) < 4.78 is 10.9. The minimum absolute atomic E-state index is 0.343. The first-order valence-electron chi connectivity index (χ1n) is 6.22. The van der Waals surface area contributed by atoms with Crippen LogP contribution >= 0.6 is 0 Å². The van der Waals surface area contributed by atoms with E-state index in [1.807, 2.05) is 32.9 Å². The largest absolute Gasteiger partial charge is 0.476 e. The fourth-order valence-corrected chi connectivity index (χ4v) is 1.93. The van der Waals surface area contributed by atoms with Gasteiger partial charge in [-0.2, -0.15) is 0 Å². The number of carbonyl (C=O) groups is 1. The summed E-state index contributed by atoms with van der Waals surface area (Å²) in [5.41, 5.74) is 2.28. The Morgan fingerprint density at radius 3 is 2.11 bits per heavy atom. The minimum Gasteiger partial charge on any atom is -0.476 e. The molecule has 0 saturated heterocycles. The second kappa shape index (κ2) is 5.42. The molecular formula is C15H22O3. The molecule has 3 nitrogen and oxygen atoms in total. The number of hydrogen-bond donors (Lipinski definition) is 0. The number of carbonyl (C=O) groups excluding carboxylic acids is 1. The highest BCUT2D eigenvalue weighted by molar-refractivity contribution is 5.79. The van der Waals surface area contributed by atoms with E-state index in [0.717, 1.165) is 16.9 Å². The molecule has 0 spiro atoms. The molecule has 0 aliphatic heterocycles. The maximum absolute atomic E-state index is 11.8. The van der Waals surface area contributed by atoms with E-state index in [9.17, 15) is 4.79 Å². The lowest BCUT2D eigenvalue weighted by Crippen LogP contribution is -2.40. The zero-order valence-electron chi connectivity index (χ0n) is 12.1. The van der Waals surface area contributed by atoms with Crippen molar-refractivity contribution in [2.24, 2.45) is 0 Å². The maximum atomic E-state index is 11.8. The predicted molar refractivity (Wildman–Crippen MR) is 72.0 cm³/mol. The fraction of sp³-hybridized carbons (Fsp3) is 0.533. The number of hydrogen-bond acceptors (Lipinski definition) is 3. The quantitative estimate of drug-likeness (QED) is 0.769. The zero-order valence-corrected chi connectivity index (χ0v) is 12.1. The van der Waals surface area contributed by atoms with Crippen LogP contribution in [0.3, 0.4) is 0 Å². The van der Waals surface area contributed by atoms with Crippen LogP contribution in [0.2, 0.25) is 0 Å². The van der Waals surface area contributed by atoms with Crippen LogP contribution in [0, 0.1) is 20.8 Å². The molecule has 0 aliphatic carbocycles. The Labute approximate surface area is 109 Å². The van der Waals surface area contributed by atoms with Crippen molar-refractivity contribution in [2.45, 2.75) is 47.1 Å². The fourth-order valence-electron chi connectivity index (χ4n) is 1.93. The van der Waals surface area contributed by atoms with E-state index >= 15 is 0 Å². The Morgan fingerprint density at radius 2 is 1.67 bits per heavy atom. The van der Waals surface area contributed by atoms with Gasteiger partial charge in [0.05, 0.1) is 6.61 Å². The lowest BCUT2D eigenvalue weighted by atomic mass is 10.1. The Balaban J connectivity index is 3.00. The number of aryl methyl sites for hydroxylation is 3. The van der Waals surface area contributed by atoms with Crippen molar-refractivity contribution in [1.29, 1.82) is 0 Å². The van der Waals surface area contributed by atoms with Gasteiger partial charge < -0.3 is 9.47 Å². The number of benzene rings is 1. The van der Waals surface area contributed by atoms with Gasteiger partial charge in [0.1, 0.15) is 5.75 Å². The third-order valence-corrected chi connectivity index (χ3v) is 2.73. The van der Waals surface area contributed by atoms with Gasteiger partial charge in [-0.1, -0.05) is 17.7 Å². The standard InChI is InChI=1S/C15H22O3/c1-7-17-14(16)15(5,6)18-13-11(3)8-10(2)9-12(13)4/h8-9H,7H2,1-6H3. The molecule has 100 valence electrons. The Hall–Kier alpha value is -1.51. The zero-order chi connectivity index (χ0) is 13.9. The molecule has 0 N–H and O–H groups in total. The van der Waals surface area contributed by atoms with Crippen LogP contribution in [-0.4, -0.2) is 18.2 Å². The molecule has 1 rings (SSSR count). The second-order valence-electron chi connectivity index (χ2n) is 5.06. The molecule has 0 radical (unpaired) electrons. The van der Waals surface area contributed by atoms with Crippen LogP contribution in [-0.2, 0) is 9.53 Å². The van der Waals surface area contributed by atoms with Crippen molar-refractivity contribution in [2.75, 3.05) is 6.61 Å². The van der Waals surface area contributed by atoms with Gasteiger partial charge in [-0.3, -0.25) is 0 Å². The van der Waals surface area contributed by atoms with E-state index in [-0.39, 0.29) is 5.97 Å². The van der Waals surface area contributed by atoms with Crippen molar-refractivity contribution in [3.8, 4) is 5.75 Å². The lowest BCUT2D eigenvalue weighted by Gasteiger charge is -2.26. The average Bonchev–Trinajstić information content (AvgIpc) is 2.23.